The lowest BCUT2D eigenvalue weighted by Crippen LogP contribution is -2.56. The van der Waals surface area contributed by atoms with Gasteiger partial charge in [-0.3, -0.25) is 4.79 Å². The Morgan fingerprint density at radius 3 is 2.58 bits per heavy atom. The number of hydrogen-bond acceptors (Lipinski definition) is 2. The van der Waals surface area contributed by atoms with Crippen molar-refractivity contribution in [1.29, 1.82) is 0 Å². The summed E-state index contributed by atoms with van der Waals surface area (Å²) in [5, 5.41) is 8.72. The second-order valence-electron chi connectivity index (χ2n) is 2.75. The van der Waals surface area contributed by atoms with Crippen molar-refractivity contribution in [2.24, 2.45) is 0 Å². The fraction of sp³-hybridized carbons (Fsp3) is 0.500. The summed E-state index contributed by atoms with van der Waals surface area (Å²) in [5.74, 6) is -1.14. The van der Waals surface area contributed by atoms with E-state index in [1.165, 1.54) is 11.8 Å². The van der Waals surface area contributed by atoms with Gasteiger partial charge in [-0.15, -0.1) is 0 Å². The second-order valence-corrected chi connectivity index (χ2v) is 2.75. The molecule has 0 bridgehead atoms. The first-order valence-corrected chi connectivity index (χ1v) is 3.73. The lowest BCUT2D eigenvalue weighted by atomic mass is 9.95. The van der Waals surface area contributed by atoms with Gasteiger partial charge in [0.2, 0.25) is 5.91 Å². The molecular weight excluding hydrogens is 158 g/mol. The van der Waals surface area contributed by atoms with E-state index in [1.54, 1.807) is 13.0 Å². The van der Waals surface area contributed by atoms with Gasteiger partial charge in [0, 0.05) is 13.5 Å². The van der Waals surface area contributed by atoms with E-state index in [0.717, 1.165) is 5.57 Å². The lowest BCUT2D eigenvalue weighted by Gasteiger charge is -2.40. The molecule has 1 rings (SSSR count). The molecule has 1 amide bonds. The van der Waals surface area contributed by atoms with Crippen LogP contribution in [0.5, 0.6) is 0 Å². The Labute approximate surface area is 70.5 Å². The van der Waals surface area contributed by atoms with Gasteiger partial charge in [0.1, 0.15) is 0 Å². The number of carboxylic acid groups (broad SMARTS) is 1. The highest BCUT2D eigenvalue weighted by Gasteiger charge is 2.40. The van der Waals surface area contributed by atoms with Gasteiger partial charge in [0.25, 0.3) is 0 Å². The van der Waals surface area contributed by atoms with Crippen LogP contribution in [0.15, 0.2) is 11.6 Å². The third kappa shape index (κ3) is 1.20. The molecule has 12 heavy (non-hydrogen) atoms. The summed E-state index contributed by atoms with van der Waals surface area (Å²) in [7, 11) is 0. The highest BCUT2D eigenvalue weighted by Crippen LogP contribution is 2.23. The van der Waals surface area contributed by atoms with Crippen LogP contribution in [0.3, 0.4) is 0 Å². The van der Waals surface area contributed by atoms with Crippen molar-refractivity contribution in [2.75, 3.05) is 6.54 Å². The van der Waals surface area contributed by atoms with Gasteiger partial charge in [-0.25, -0.2) is 4.79 Å². The summed E-state index contributed by atoms with van der Waals surface area (Å²) in [6.07, 6.45) is 1.75. The molecule has 66 valence electrons. The van der Waals surface area contributed by atoms with Gasteiger partial charge >= 0.3 is 5.97 Å². The zero-order valence-corrected chi connectivity index (χ0v) is 7.07. The molecule has 1 atom stereocenters. The normalized spacial score (nSPS) is 25.3. The molecule has 0 aromatic carbocycles. The van der Waals surface area contributed by atoms with Crippen molar-refractivity contribution in [3.8, 4) is 0 Å². The number of allylic oxidation sites excluding steroid dienone is 1. The molecule has 1 aliphatic heterocycles. The zero-order valence-electron chi connectivity index (χ0n) is 7.07. The van der Waals surface area contributed by atoms with Crippen LogP contribution in [-0.2, 0) is 9.59 Å². The van der Waals surface area contributed by atoms with Crippen molar-refractivity contribution in [1.82, 2.24) is 4.90 Å². The van der Waals surface area contributed by atoms with Gasteiger partial charge < -0.3 is 10.0 Å². The lowest BCUT2D eigenvalue weighted by molar-refractivity contribution is -0.151. The number of carbonyl (C=O) groups excluding carboxylic acids is 1. The van der Waals surface area contributed by atoms with E-state index in [-0.39, 0.29) is 5.91 Å². The molecule has 4 nitrogen and oxygen atoms in total. The minimum Gasteiger partial charge on any atom is -0.479 e. The molecule has 0 saturated carbocycles. The Hall–Kier alpha value is -1.32. The molecule has 0 aromatic rings. The number of aliphatic carboxylic acids is 1. The number of nitrogens with zero attached hydrogens (tertiary/aromatic N) is 1. The molecule has 0 aromatic heterocycles. The van der Waals surface area contributed by atoms with Crippen molar-refractivity contribution in [3.05, 3.63) is 11.6 Å². The molecule has 1 unspecified atom stereocenters. The van der Waals surface area contributed by atoms with E-state index >= 15 is 0 Å². The topological polar surface area (TPSA) is 57.6 Å². The third-order valence-corrected chi connectivity index (χ3v) is 2.02. The van der Waals surface area contributed by atoms with Gasteiger partial charge in [-0.05, 0) is 12.5 Å². The van der Waals surface area contributed by atoms with Gasteiger partial charge in [0.05, 0.1) is 0 Å². The third-order valence-electron chi connectivity index (χ3n) is 2.02. The Bertz CT molecular complexity index is 257. The summed E-state index contributed by atoms with van der Waals surface area (Å²) in [5.41, 5.74) is 0.803. The Morgan fingerprint density at radius 1 is 1.67 bits per heavy atom. The smallest absolute Gasteiger partial charge is 0.330 e. The molecule has 1 aliphatic rings. The number of likely N-dealkylation sites (tertiary alicyclic amines) is 1. The first kappa shape index (κ1) is 8.77. The number of rotatable bonds is 1. The molecule has 1 fully saturated rings. The van der Waals surface area contributed by atoms with Crippen LogP contribution in [0, 0.1) is 0 Å². The minimum atomic E-state index is -0.954. The monoisotopic (exact) mass is 169 g/mol. The van der Waals surface area contributed by atoms with Crippen LogP contribution in [0.2, 0.25) is 0 Å². The van der Waals surface area contributed by atoms with Crippen LogP contribution >= 0.6 is 0 Å². The fourth-order valence-electron chi connectivity index (χ4n) is 1.30. The average Bonchev–Trinajstić information content (AvgIpc) is 1.83. The zero-order chi connectivity index (χ0) is 9.30. The molecule has 1 saturated heterocycles. The summed E-state index contributed by atoms with van der Waals surface area (Å²) >= 11 is 0. The highest BCUT2D eigenvalue weighted by molar-refractivity contribution is 5.88. The van der Waals surface area contributed by atoms with Crippen molar-refractivity contribution in [2.45, 2.75) is 19.9 Å². The van der Waals surface area contributed by atoms with Crippen LogP contribution in [0.25, 0.3) is 0 Å². The minimum absolute atomic E-state index is 0.187. The Kier molecular flexibility index (Phi) is 2.17. The number of carboxylic acids is 1. The maximum absolute atomic E-state index is 10.8. The van der Waals surface area contributed by atoms with Gasteiger partial charge in [-0.1, -0.05) is 6.08 Å². The highest BCUT2D eigenvalue weighted by atomic mass is 16.4. The van der Waals surface area contributed by atoms with E-state index in [4.69, 9.17) is 5.11 Å². The van der Waals surface area contributed by atoms with E-state index in [9.17, 15) is 9.59 Å². The number of hydrogen-bond donors (Lipinski definition) is 1. The average molecular weight is 169 g/mol. The van der Waals surface area contributed by atoms with Gasteiger partial charge in [0.15, 0.2) is 6.04 Å². The molecule has 0 radical (unpaired) electrons. The van der Waals surface area contributed by atoms with E-state index < -0.39 is 12.0 Å². The SMILES string of the molecule is C/C=C1/CN(C(C)=O)C1C(=O)O. The van der Waals surface area contributed by atoms with Crippen LogP contribution in [-0.4, -0.2) is 34.5 Å². The molecular formula is C8H11NO3. The standard InChI is InChI=1S/C8H11NO3/c1-3-6-4-9(5(2)10)7(6)8(11)12/h3,7H,4H2,1-2H3,(H,11,12)/b6-3-. The first-order chi connectivity index (χ1) is 5.57. The first-order valence-electron chi connectivity index (χ1n) is 3.73. The van der Waals surface area contributed by atoms with E-state index in [2.05, 4.69) is 0 Å². The summed E-state index contributed by atoms with van der Waals surface area (Å²) in [4.78, 5) is 22.8. The van der Waals surface area contributed by atoms with Crippen molar-refractivity contribution >= 4 is 11.9 Å². The summed E-state index contributed by atoms with van der Waals surface area (Å²) in [6.45, 7) is 3.62. The van der Waals surface area contributed by atoms with Crippen molar-refractivity contribution in [3.63, 3.8) is 0 Å². The van der Waals surface area contributed by atoms with Crippen LogP contribution < -0.4 is 0 Å². The van der Waals surface area contributed by atoms with Crippen LogP contribution in [0.4, 0.5) is 0 Å². The molecule has 0 spiro atoms. The Balaban J connectivity index is 2.76. The maximum Gasteiger partial charge on any atom is 0.330 e. The Morgan fingerprint density at radius 2 is 2.25 bits per heavy atom. The van der Waals surface area contributed by atoms with Crippen LogP contribution in [0.1, 0.15) is 13.8 Å². The fourth-order valence-corrected chi connectivity index (χ4v) is 1.30. The molecule has 1 N–H and O–H groups in total. The van der Waals surface area contributed by atoms with Crippen molar-refractivity contribution < 1.29 is 14.7 Å². The molecule has 1 heterocycles. The molecule has 4 heteroatoms. The number of carbonyl (C=O) groups is 2. The predicted molar refractivity (Wildman–Crippen MR) is 42.6 cm³/mol. The van der Waals surface area contributed by atoms with Gasteiger partial charge in [-0.2, -0.15) is 0 Å². The number of amides is 1. The largest absolute Gasteiger partial charge is 0.479 e. The van der Waals surface area contributed by atoms with E-state index in [1.807, 2.05) is 0 Å². The quantitative estimate of drug-likeness (QED) is 0.572. The second kappa shape index (κ2) is 2.97. The summed E-state index contributed by atoms with van der Waals surface area (Å²) < 4.78 is 0. The maximum atomic E-state index is 10.8. The van der Waals surface area contributed by atoms with E-state index in [0.29, 0.717) is 6.54 Å². The summed E-state index contributed by atoms with van der Waals surface area (Å²) in [6, 6.07) is -0.715. The molecule has 0 aliphatic carbocycles. The predicted octanol–water partition coefficient (Wildman–Crippen LogP) is 0.248.